The molecule has 0 N–H and O–H groups in total. The van der Waals surface area contributed by atoms with E-state index in [2.05, 4.69) is 0 Å². The third-order valence-electron chi connectivity index (χ3n) is 2.12. The van der Waals surface area contributed by atoms with Crippen LogP contribution in [0.2, 0.25) is 0 Å². The van der Waals surface area contributed by atoms with Crippen LogP contribution in [-0.2, 0) is 5.92 Å². The van der Waals surface area contributed by atoms with E-state index in [0.717, 1.165) is 11.6 Å². The molecule has 0 bridgehead atoms. The number of halogens is 2. The third kappa shape index (κ3) is 2.07. The summed E-state index contributed by atoms with van der Waals surface area (Å²) in [6, 6.07) is 4.07. The molecular formula is C11H11F2NO. The first-order chi connectivity index (χ1) is 6.92. The second kappa shape index (κ2) is 3.85. The molecule has 1 aromatic carbocycles. The monoisotopic (exact) mass is 211 g/mol. The summed E-state index contributed by atoms with van der Waals surface area (Å²) in [5.74, 6) is -3.46. The fraction of sp³-hybridized carbons (Fsp3) is 0.364. The predicted molar refractivity (Wildman–Crippen MR) is 52.0 cm³/mol. The Bertz CT molecular complexity index is 421. The van der Waals surface area contributed by atoms with E-state index < -0.39 is 5.92 Å². The maximum Gasteiger partial charge on any atom is 0.361 e. The van der Waals surface area contributed by atoms with Crippen molar-refractivity contribution in [1.29, 1.82) is 5.26 Å². The van der Waals surface area contributed by atoms with E-state index in [0.29, 0.717) is 5.56 Å². The number of alkyl halides is 2. The van der Waals surface area contributed by atoms with Gasteiger partial charge in [0.05, 0.1) is 12.7 Å². The van der Waals surface area contributed by atoms with Gasteiger partial charge in [-0.1, -0.05) is 6.07 Å². The Morgan fingerprint density at radius 2 is 1.93 bits per heavy atom. The number of rotatable bonds is 2. The summed E-state index contributed by atoms with van der Waals surface area (Å²) in [6.07, 6.45) is 0. The zero-order valence-corrected chi connectivity index (χ0v) is 8.77. The van der Waals surface area contributed by atoms with Gasteiger partial charge in [-0.15, -0.1) is 0 Å². The van der Waals surface area contributed by atoms with E-state index in [1.807, 2.05) is 0 Å². The van der Waals surface area contributed by atoms with Gasteiger partial charge in [0, 0.05) is 0 Å². The molecule has 0 radical (unpaired) electrons. The first-order valence-corrected chi connectivity index (χ1v) is 4.37. The van der Waals surface area contributed by atoms with Crippen LogP contribution in [0.5, 0.6) is 5.75 Å². The number of nitrogens with zero attached hydrogens (tertiary/aromatic N) is 1. The maximum absolute atomic E-state index is 13.3. The van der Waals surface area contributed by atoms with Crippen LogP contribution in [0.1, 0.15) is 16.7 Å². The number of benzene rings is 1. The lowest BCUT2D eigenvalue weighted by Crippen LogP contribution is -2.14. The highest BCUT2D eigenvalue weighted by Gasteiger charge is 2.36. The van der Waals surface area contributed by atoms with Crippen molar-refractivity contribution in [2.45, 2.75) is 19.8 Å². The Labute approximate surface area is 87.1 Å². The predicted octanol–water partition coefficient (Wildman–Crippen LogP) is 2.93. The Hall–Kier alpha value is -1.63. The molecular weight excluding hydrogens is 200 g/mol. The number of hydrogen-bond donors (Lipinski definition) is 0. The summed E-state index contributed by atoms with van der Waals surface area (Å²) in [5.41, 5.74) is 0.832. The molecule has 1 aromatic rings. The average molecular weight is 211 g/mol. The van der Waals surface area contributed by atoms with Crippen molar-refractivity contribution in [2.24, 2.45) is 0 Å². The van der Waals surface area contributed by atoms with Crippen molar-refractivity contribution < 1.29 is 13.5 Å². The van der Waals surface area contributed by atoms with E-state index in [-0.39, 0.29) is 11.3 Å². The van der Waals surface area contributed by atoms with Crippen LogP contribution in [0, 0.1) is 25.2 Å². The summed E-state index contributed by atoms with van der Waals surface area (Å²) >= 11 is 0. The van der Waals surface area contributed by atoms with Crippen molar-refractivity contribution in [1.82, 2.24) is 0 Å². The van der Waals surface area contributed by atoms with Crippen LogP contribution in [0.25, 0.3) is 0 Å². The van der Waals surface area contributed by atoms with E-state index >= 15 is 0 Å². The van der Waals surface area contributed by atoms with E-state index in [1.165, 1.54) is 20.1 Å². The van der Waals surface area contributed by atoms with Crippen LogP contribution in [0.15, 0.2) is 12.1 Å². The zero-order valence-electron chi connectivity index (χ0n) is 8.77. The zero-order chi connectivity index (χ0) is 11.6. The third-order valence-corrected chi connectivity index (χ3v) is 2.12. The van der Waals surface area contributed by atoms with Gasteiger partial charge in [0.2, 0.25) is 0 Å². The first-order valence-electron chi connectivity index (χ1n) is 4.37. The van der Waals surface area contributed by atoms with E-state index in [9.17, 15) is 8.78 Å². The van der Waals surface area contributed by atoms with Gasteiger partial charge in [0.25, 0.3) is 0 Å². The van der Waals surface area contributed by atoms with Gasteiger partial charge in [0.15, 0.2) is 0 Å². The van der Waals surface area contributed by atoms with Crippen molar-refractivity contribution in [2.75, 3.05) is 7.11 Å². The van der Waals surface area contributed by atoms with Crippen LogP contribution < -0.4 is 4.74 Å². The molecule has 0 aliphatic rings. The minimum Gasteiger partial charge on any atom is -0.496 e. The Balaban J connectivity index is 3.48. The molecule has 0 saturated heterocycles. The van der Waals surface area contributed by atoms with Crippen molar-refractivity contribution in [3.8, 4) is 11.8 Å². The molecule has 80 valence electrons. The second-order valence-corrected chi connectivity index (χ2v) is 3.35. The number of ether oxygens (including phenoxy) is 1. The van der Waals surface area contributed by atoms with Gasteiger partial charge >= 0.3 is 5.92 Å². The number of nitriles is 1. The molecule has 0 aliphatic heterocycles. The molecule has 0 aliphatic carbocycles. The second-order valence-electron chi connectivity index (χ2n) is 3.35. The number of aryl methyl sites for hydroxylation is 2. The topological polar surface area (TPSA) is 33.0 Å². The van der Waals surface area contributed by atoms with Crippen molar-refractivity contribution in [3.63, 3.8) is 0 Å². The van der Waals surface area contributed by atoms with Gasteiger partial charge in [-0.2, -0.15) is 14.0 Å². The Morgan fingerprint density at radius 1 is 1.33 bits per heavy atom. The first kappa shape index (κ1) is 11.4. The summed E-state index contributed by atoms with van der Waals surface area (Å²) in [5, 5.41) is 8.41. The lowest BCUT2D eigenvalue weighted by molar-refractivity contribution is 0.0576. The van der Waals surface area contributed by atoms with Gasteiger partial charge < -0.3 is 4.74 Å². The SMILES string of the molecule is COc1cc(C)cc(C)c1C(F)(F)C#N. The fourth-order valence-electron chi connectivity index (χ4n) is 1.55. The lowest BCUT2D eigenvalue weighted by atomic mass is 9.99. The minimum absolute atomic E-state index is 0.0547. The summed E-state index contributed by atoms with van der Waals surface area (Å²) in [7, 11) is 1.31. The quantitative estimate of drug-likeness (QED) is 0.753. The molecule has 0 fully saturated rings. The highest BCUT2D eigenvalue weighted by Crippen LogP contribution is 2.37. The lowest BCUT2D eigenvalue weighted by Gasteiger charge is -2.16. The highest BCUT2D eigenvalue weighted by molar-refractivity contribution is 5.47. The maximum atomic E-state index is 13.3. The van der Waals surface area contributed by atoms with Gasteiger partial charge in [0.1, 0.15) is 11.8 Å². The standard InChI is InChI=1S/C11H11F2NO/c1-7-4-8(2)10(9(5-7)15-3)11(12,13)6-14/h4-5H,1-3H3. The summed E-state index contributed by atoms with van der Waals surface area (Å²) < 4.78 is 31.4. The van der Waals surface area contributed by atoms with Crippen LogP contribution in [0.3, 0.4) is 0 Å². The smallest absolute Gasteiger partial charge is 0.361 e. The molecule has 0 aromatic heterocycles. The largest absolute Gasteiger partial charge is 0.496 e. The molecule has 0 spiro atoms. The van der Waals surface area contributed by atoms with Gasteiger partial charge in [-0.3, -0.25) is 0 Å². The normalized spacial score (nSPS) is 10.9. The molecule has 2 nitrogen and oxygen atoms in total. The van der Waals surface area contributed by atoms with Crippen LogP contribution >= 0.6 is 0 Å². The average Bonchev–Trinajstić information content (AvgIpc) is 2.15. The van der Waals surface area contributed by atoms with Crippen molar-refractivity contribution in [3.05, 3.63) is 28.8 Å². The van der Waals surface area contributed by atoms with E-state index in [4.69, 9.17) is 10.00 Å². The molecule has 0 amide bonds. The number of methoxy groups -OCH3 is 1. The minimum atomic E-state index is -3.51. The molecule has 1 rings (SSSR count). The summed E-state index contributed by atoms with van der Waals surface area (Å²) in [6.45, 7) is 3.32. The van der Waals surface area contributed by atoms with Crippen LogP contribution in [0.4, 0.5) is 8.78 Å². The highest BCUT2D eigenvalue weighted by atomic mass is 19.3. The molecule has 15 heavy (non-hydrogen) atoms. The molecule has 0 atom stereocenters. The van der Waals surface area contributed by atoms with Crippen LogP contribution in [-0.4, -0.2) is 7.11 Å². The molecule has 0 unspecified atom stereocenters. The summed E-state index contributed by atoms with van der Waals surface area (Å²) in [4.78, 5) is 0. The molecule has 0 heterocycles. The van der Waals surface area contributed by atoms with Gasteiger partial charge in [-0.05, 0) is 31.0 Å². The Morgan fingerprint density at radius 3 is 2.40 bits per heavy atom. The Kier molecular flexibility index (Phi) is 2.94. The number of hydrogen-bond acceptors (Lipinski definition) is 2. The van der Waals surface area contributed by atoms with Gasteiger partial charge in [-0.25, -0.2) is 0 Å². The van der Waals surface area contributed by atoms with Crippen molar-refractivity contribution >= 4 is 0 Å². The molecule has 4 heteroatoms. The van der Waals surface area contributed by atoms with E-state index in [1.54, 1.807) is 13.0 Å². The fourth-order valence-corrected chi connectivity index (χ4v) is 1.55. The molecule has 0 saturated carbocycles.